The Bertz CT molecular complexity index is 444. The molecule has 0 saturated heterocycles. The number of hydrogen-bond donors (Lipinski definition) is 1. The number of rotatable bonds is 5. The zero-order chi connectivity index (χ0) is 11.4. The van der Waals surface area contributed by atoms with E-state index < -0.39 is 0 Å². The molecule has 0 aliphatic carbocycles. The van der Waals surface area contributed by atoms with E-state index in [0.717, 1.165) is 24.7 Å². The number of nitrogens with zero attached hydrogens (tertiary/aromatic N) is 5. The minimum Gasteiger partial charge on any atom is -0.337 e. The Morgan fingerprint density at radius 3 is 2.75 bits per heavy atom. The molecule has 1 N–H and O–H groups in total. The molecule has 0 unspecified atom stereocenters. The van der Waals surface area contributed by atoms with Gasteiger partial charge in [-0.25, -0.2) is 14.6 Å². The molecule has 2 aromatic rings. The first kappa shape index (κ1) is 10.8. The van der Waals surface area contributed by atoms with E-state index in [1.165, 1.54) is 0 Å². The Balaban J connectivity index is 1.87. The van der Waals surface area contributed by atoms with Crippen LogP contribution in [0, 0.1) is 0 Å². The summed E-state index contributed by atoms with van der Waals surface area (Å²) in [5.41, 5.74) is 0. The van der Waals surface area contributed by atoms with Gasteiger partial charge in [0.15, 0.2) is 0 Å². The lowest BCUT2D eigenvalue weighted by Crippen LogP contribution is -2.18. The fourth-order valence-corrected chi connectivity index (χ4v) is 1.54. The number of aryl methyl sites for hydroxylation is 2. The maximum absolute atomic E-state index is 4.23. The van der Waals surface area contributed by atoms with Gasteiger partial charge >= 0.3 is 0 Å². The van der Waals surface area contributed by atoms with Crippen molar-refractivity contribution in [1.29, 1.82) is 0 Å². The van der Waals surface area contributed by atoms with Crippen LogP contribution in [0.4, 0.5) is 0 Å². The first-order chi connectivity index (χ1) is 7.81. The van der Waals surface area contributed by atoms with E-state index in [2.05, 4.69) is 27.3 Å². The molecule has 6 nitrogen and oxygen atoms in total. The number of nitrogens with one attached hydrogen (secondary N) is 1. The summed E-state index contributed by atoms with van der Waals surface area (Å²) in [4.78, 5) is 8.43. The van der Waals surface area contributed by atoms with Crippen molar-refractivity contribution in [2.45, 2.75) is 26.6 Å². The second-order valence-corrected chi connectivity index (χ2v) is 3.55. The SMILES string of the molecule is CCn1ncnc1CNCc1nccn1C. The summed E-state index contributed by atoms with van der Waals surface area (Å²) >= 11 is 0. The van der Waals surface area contributed by atoms with Crippen LogP contribution in [0.2, 0.25) is 0 Å². The topological polar surface area (TPSA) is 60.6 Å². The van der Waals surface area contributed by atoms with Crippen LogP contribution in [0.15, 0.2) is 18.7 Å². The zero-order valence-corrected chi connectivity index (χ0v) is 9.59. The predicted molar refractivity (Wildman–Crippen MR) is 59.4 cm³/mol. The molecule has 2 rings (SSSR count). The number of aromatic nitrogens is 5. The Morgan fingerprint density at radius 1 is 1.25 bits per heavy atom. The Labute approximate surface area is 94.3 Å². The molecule has 0 bridgehead atoms. The van der Waals surface area contributed by atoms with Crippen molar-refractivity contribution in [3.05, 3.63) is 30.4 Å². The van der Waals surface area contributed by atoms with Crippen LogP contribution in [0.5, 0.6) is 0 Å². The van der Waals surface area contributed by atoms with Gasteiger partial charge in [-0.05, 0) is 6.92 Å². The molecular formula is C10H16N6. The quantitative estimate of drug-likeness (QED) is 0.788. The molecule has 86 valence electrons. The van der Waals surface area contributed by atoms with E-state index in [0.29, 0.717) is 6.54 Å². The molecule has 0 aliphatic heterocycles. The van der Waals surface area contributed by atoms with Gasteiger partial charge in [0.25, 0.3) is 0 Å². The van der Waals surface area contributed by atoms with Crippen molar-refractivity contribution in [2.24, 2.45) is 7.05 Å². The highest BCUT2D eigenvalue weighted by atomic mass is 15.3. The van der Waals surface area contributed by atoms with E-state index in [9.17, 15) is 0 Å². The molecule has 6 heteroatoms. The molecule has 0 spiro atoms. The van der Waals surface area contributed by atoms with Crippen LogP contribution < -0.4 is 5.32 Å². The van der Waals surface area contributed by atoms with Gasteiger partial charge in [-0.2, -0.15) is 5.10 Å². The number of imidazole rings is 1. The summed E-state index contributed by atoms with van der Waals surface area (Å²) in [7, 11) is 1.98. The average molecular weight is 220 g/mol. The minimum absolute atomic E-state index is 0.709. The third-order valence-corrected chi connectivity index (χ3v) is 2.48. The van der Waals surface area contributed by atoms with Crippen LogP contribution in [0.1, 0.15) is 18.6 Å². The lowest BCUT2D eigenvalue weighted by molar-refractivity contribution is 0.560. The third kappa shape index (κ3) is 2.27. The van der Waals surface area contributed by atoms with Crippen LogP contribution in [0.3, 0.4) is 0 Å². The van der Waals surface area contributed by atoms with E-state index in [-0.39, 0.29) is 0 Å². The molecule has 0 amide bonds. The normalized spacial score (nSPS) is 10.9. The summed E-state index contributed by atoms with van der Waals surface area (Å²) in [6.45, 7) is 4.34. The molecule has 2 heterocycles. The van der Waals surface area contributed by atoms with Crippen molar-refractivity contribution >= 4 is 0 Å². The molecule has 0 radical (unpaired) electrons. The van der Waals surface area contributed by atoms with Crippen molar-refractivity contribution in [1.82, 2.24) is 29.6 Å². The fourth-order valence-electron chi connectivity index (χ4n) is 1.54. The molecule has 0 aliphatic rings. The van der Waals surface area contributed by atoms with Gasteiger partial charge in [0.2, 0.25) is 0 Å². The summed E-state index contributed by atoms with van der Waals surface area (Å²) in [5.74, 6) is 1.97. The van der Waals surface area contributed by atoms with E-state index in [1.54, 1.807) is 12.5 Å². The van der Waals surface area contributed by atoms with Crippen molar-refractivity contribution in [2.75, 3.05) is 0 Å². The third-order valence-electron chi connectivity index (χ3n) is 2.48. The summed E-state index contributed by atoms with van der Waals surface area (Å²) in [6.07, 6.45) is 5.32. The summed E-state index contributed by atoms with van der Waals surface area (Å²) < 4.78 is 3.88. The van der Waals surface area contributed by atoms with Crippen LogP contribution in [-0.4, -0.2) is 24.3 Å². The standard InChI is InChI=1S/C10H16N6/c1-3-16-10(13-8-14-16)7-11-6-9-12-4-5-15(9)2/h4-5,8,11H,3,6-7H2,1-2H3. The maximum atomic E-state index is 4.23. The molecule has 0 fully saturated rings. The largest absolute Gasteiger partial charge is 0.337 e. The molecular weight excluding hydrogens is 204 g/mol. The van der Waals surface area contributed by atoms with Crippen LogP contribution in [-0.2, 0) is 26.7 Å². The van der Waals surface area contributed by atoms with E-state index >= 15 is 0 Å². The monoisotopic (exact) mass is 220 g/mol. The van der Waals surface area contributed by atoms with Crippen molar-refractivity contribution in [3.63, 3.8) is 0 Å². The first-order valence-corrected chi connectivity index (χ1v) is 5.35. The lowest BCUT2D eigenvalue weighted by atomic mass is 10.5. The fraction of sp³-hybridized carbons (Fsp3) is 0.500. The highest BCUT2D eigenvalue weighted by Gasteiger charge is 2.03. The van der Waals surface area contributed by atoms with Crippen LogP contribution >= 0.6 is 0 Å². The van der Waals surface area contributed by atoms with Crippen molar-refractivity contribution in [3.8, 4) is 0 Å². The second kappa shape index (κ2) is 4.89. The Morgan fingerprint density at radius 2 is 2.06 bits per heavy atom. The predicted octanol–water partition coefficient (Wildman–Crippen LogP) is 0.321. The van der Waals surface area contributed by atoms with Crippen molar-refractivity contribution < 1.29 is 0 Å². The van der Waals surface area contributed by atoms with Gasteiger partial charge in [0, 0.05) is 26.0 Å². The maximum Gasteiger partial charge on any atom is 0.140 e. The molecule has 0 aromatic carbocycles. The first-order valence-electron chi connectivity index (χ1n) is 5.35. The van der Waals surface area contributed by atoms with E-state index in [4.69, 9.17) is 0 Å². The minimum atomic E-state index is 0.709. The van der Waals surface area contributed by atoms with Gasteiger partial charge in [-0.3, -0.25) is 0 Å². The average Bonchev–Trinajstić information content (AvgIpc) is 2.88. The lowest BCUT2D eigenvalue weighted by Gasteiger charge is -2.05. The van der Waals surface area contributed by atoms with Gasteiger partial charge in [0.05, 0.1) is 13.1 Å². The van der Waals surface area contributed by atoms with Gasteiger partial charge in [-0.1, -0.05) is 0 Å². The highest BCUT2D eigenvalue weighted by molar-refractivity contribution is 4.91. The van der Waals surface area contributed by atoms with Crippen LogP contribution in [0.25, 0.3) is 0 Å². The second-order valence-electron chi connectivity index (χ2n) is 3.55. The van der Waals surface area contributed by atoms with Gasteiger partial charge in [-0.15, -0.1) is 0 Å². The molecule has 16 heavy (non-hydrogen) atoms. The summed E-state index contributed by atoms with van der Waals surface area (Å²) in [5, 5.41) is 7.41. The smallest absolute Gasteiger partial charge is 0.140 e. The zero-order valence-electron chi connectivity index (χ0n) is 9.59. The Hall–Kier alpha value is -1.69. The summed E-state index contributed by atoms with van der Waals surface area (Å²) in [6, 6.07) is 0. The molecule has 0 saturated carbocycles. The van der Waals surface area contributed by atoms with Gasteiger partial charge < -0.3 is 9.88 Å². The number of hydrogen-bond acceptors (Lipinski definition) is 4. The van der Waals surface area contributed by atoms with E-state index in [1.807, 2.05) is 22.5 Å². The molecule has 0 atom stereocenters. The highest BCUT2D eigenvalue weighted by Crippen LogP contribution is 1.96. The van der Waals surface area contributed by atoms with Gasteiger partial charge in [0.1, 0.15) is 18.0 Å². The molecule has 2 aromatic heterocycles. The Kier molecular flexibility index (Phi) is 3.31.